The molecule has 5 heteroatoms. The minimum Gasteiger partial charge on any atom is -0.461 e. The monoisotopic (exact) mass is 277 g/mol. The summed E-state index contributed by atoms with van der Waals surface area (Å²) in [5.41, 5.74) is 1.66. The van der Waals surface area contributed by atoms with Crippen LogP contribution in [-0.4, -0.2) is 17.6 Å². The van der Waals surface area contributed by atoms with Gasteiger partial charge in [-0.25, -0.2) is 9.78 Å². The van der Waals surface area contributed by atoms with E-state index in [1.54, 1.807) is 18.3 Å². The molecule has 0 amide bonds. The molecule has 0 atom stereocenters. The Balaban J connectivity index is 1.96. The van der Waals surface area contributed by atoms with Crippen LogP contribution in [0.25, 0.3) is 10.6 Å². The number of thiophene rings is 1. The lowest BCUT2D eigenvalue weighted by Crippen LogP contribution is -2.06. The fourth-order valence-corrected chi connectivity index (χ4v) is 3.61. The van der Waals surface area contributed by atoms with E-state index in [1.807, 2.05) is 0 Å². The molecule has 0 spiro atoms. The summed E-state index contributed by atoms with van der Waals surface area (Å²) in [6, 6.07) is 2.13. The molecule has 2 heterocycles. The third kappa shape index (κ3) is 2.30. The van der Waals surface area contributed by atoms with Gasteiger partial charge in [0, 0.05) is 4.88 Å². The number of hydrogen-bond acceptors (Lipinski definition) is 5. The average Bonchev–Trinajstić information content (AvgIpc) is 3.05. The zero-order valence-electron chi connectivity index (χ0n) is 10.8. The molecule has 0 N–H and O–H groups in total. The van der Waals surface area contributed by atoms with Crippen molar-refractivity contribution < 1.29 is 13.9 Å². The van der Waals surface area contributed by atoms with E-state index in [9.17, 15) is 4.79 Å². The number of oxazole rings is 1. The topological polar surface area (TPSA) is 52.3 Å². The Morgan fingerprint density at radius 2 is 2.32 bits per heavy atom. The molecule has 4 nitrogen and oxygen atoms in total. The average molecular weight is 277 g/mol. The fourth-order valence-electron chi connectivity index (χ4n) is 2.37. The molecule has 19 heavy (non-hydrogen) atoms. The summed E-state index contributed by atoms with van der Waals surface area (Å²) < 4.78 is 10.4. The standard InChI is InChI=1S/C14H15NO3S/c1-2-17-14(16)12-13(18-8-15-12)11-7-9-5-3-4-6-10(9)19-11/h7-8H,2-6H2,1H3. The lowest BCUT2D eigenvalue weighted by Gasteiger charge is -2.08. The minimum absolute atomic E-state index is 0.278. The van der Waals surface area contributed by atoms with Crippen LogP contribution < -0.4 is 0 Å². The molecule has 0 saturated heterocycles. The first-order valence-electron chi connectivity index (χ1n) is 6.52. The summed E-state index contributed by atoms with van der Waals surface area (Å²) in [7, 11) is 0. The number of rotatable bonds is 3. The number of carbonyl (C=O) groups excluding carboxylic acids is 1. The molecule has 2 aromatic rings. The van der Waals surface area contributed by atoms with E-state index in [4.69, 9.17) is 9.15 Å². The third-order valence-electron chi connectivity index (χ3n) is 3.26. The molecule has 0 saturated carbocycles. The van der Waals surface area contributed by atoms with Gasteiger partial charge in [-0.05, 0) is 44.2 Å². The lowest BCUT2D eigenvalue weighted by molar-refractivity contribution is 0.0520. The molecule has 0 aliphatic heterocycles. The normalized spacial score (nSPS) is 14.2. The number of carbonyl (C=O) groups is 1. The van der Waals surface area contributed by atoms with Gasteiger partial charge in [-0.15, -0.1) is 11.3 Å². The highest BCUT2D eigenvalue weighted by Gasteiger charge is 2.23. The lowest BCUT2D eigenvalue weighted by atomic mass is 9.99. The Bertz CT molecular complexity index is 576. The van der Waals surface area contributed by atoms with Crippen molar-refractivity contribution in [2.24, 2.45) is 0 Å². The Hall–Kier alpha value is -1.62. The molecule has 0 radical (unpaired) electrons. The first kappa shape index (κ1) is 12.4. The second kappa shape index (κ2) is 5.17. The van der Waals surface area contributed by atoms with E-state index < -0.39 is 5.97 Å². The SMILES string of the molecule is CCOC(=O)c1ncoc1-c1cc2c(s1)CCCC2. The van der Waals surface area contributed by atoms with E-state index in [2.05, 4.69) is 11.1 Å². The molecule has 0 aromatic carbocycles. The number of aromatic nitrogens is 1. The molecule has 2 aromatic heterocycles. The summed E-state index contributed by atoms with van der Waals surface area (Å²) in [6.45, 7) is 2.12. The van der Waals surface area contributed by atoms with Crippen molar-refractivity contribution in [2.45, 2.75) is 32.6 Å². The van der Waals surface area contributed by atoms with Crippen molar-refractivity contribution in [2.75, 3.05) is 6.61 Å². The smallest absolute Gasteiger partial charge is 0.361 e. The van der Waals surface area contributed by atoms with E-state index in [0.29, 0.717) is 12.4 Å². The predicted octanol–water partition coefficient (Wildman–Crippen LogP) is 3.46. The maximum absolute atomic E-state index is 11.8. The van der Waals surface area contributed by atoms with Gasteiger partial charge in [0.25, 0.3) is 0 Å². The van der Waals surface area contributed by atoms with Gasteiger partial charge in [-0.3, -0.25) is 0 Å². The molecular formula is C14H15NO3S. The predicted molar refractivity (Wildman–Crippen MR) is 72.4 cm³/mol. The molecule has 0 unspecified atom stereocenters. The number of aryl methyl sites for hydroxylation is 2. The van der Waals surface area contributed by atoms with E-state index >= 15 is 0 Å². The minimum atomic E-state index is -0.419. The summed E-state index contributed by atoms with van der Waals surface area (Å²) in [5.74, 6) is 0.121. The fraction of sp³-hybridized carbons (Fsp3) is 0.429. The van der Waals surface area contributed by atoms with Crippen LogP contribution in [0.3, 0.4) is 0 Å². The highest BCUT2D eigenvalue weighted by Crippen LogP contribution is 2.37. The van der Waals surface area contributed by atoms with E-state index in [0.717, 1.165) is 17.7 Å². The van der Waals surface area contributed by atoms with E-state index in [-0.39, 0.29) is 5.69 Å². The summed E-state index contributed by atoms with van der Waals surface area (Å²) in [4.78, 5) is 18.2. The third-order valence-corrected chi connectivity index (χ3v) is 4.49. The molecule has 1 aliphatic rings. The molecular weight excluding hydrogens is 262 g/mol. The molecule has 0 fully saturated rings. The van der Waals surface area contributed by atoms with Gasteiger partial charge in [0.05, 0.1) is 11.5 Å². The molecule has 3 rings (SSSR count). The maximum Gasteiger partial charge on any atom is 0.361 e. The number of hydrogen-bond donors (Lipinski definition) is 0. The van der Waals surface area contributed by atoms with Crippen LogP contribution in [-0.2, 0) is 17.6 Å². The Kier molecular flexibility index (Phi) is 3.38. The number of ether oxygens (including phenoxy) is 1. The summed E-state index contributed by atoms with van der Waals surface area (Å²) >= 11 is 1.70. The number of esters is 1. The van der Waals surface area contributed by atoms with E-state index in [1.165, 1.54) is 29.7 Å². The zero-order valence-corrected chi connectivity index (χ0v) is 11.6. The van der Waals surface area contributed by atoms with Gasteiger partial charge in [-0.1, -0.05) is 0 Å². The van der Waals surface area contributed by atoms with Crippen molar-refractivity contribution in [3.63, 3.8) is 0 Å². The van der Waals surface area contributed by atoms with Crippen LogP contribution in [0.1, 0.15) is 40.7 Å². The van der Waals surface area contributed by atoms with Gasteiger partial charge in [0.1, 0.15) is 0 Å². The quantitative estimate of drug-likeness (QED) is 0.806. The molecule has 0 bridgehead atoms. The van der Waals surface area contributed by atoms with Gasteiger partial charge in [0.2, 0.25) is 0 Å². The van der Waals surface area contributed by atoms with Gasteiger partial charge in [0.15, 0.2) is 17.8 Å². The van der Waals surface area contributed by atoms with Crippen molar-refractivity contribution in [3.05, 3.63) is 28.6 Å². The molecule has 100 valence electrons. The summed E-state index contributed by atoms with van der Waals surface area (Å²) in [5, 5.41) is 0. The Labute approximate surface area is 115 Å². The largest absolute Gasteiger partial charge is 0.461 e. The highest BCUT2D eigenvalue weighted by molar-refractivity contribution is 7.15. The van der Waals surface area contributed by atoms with Crippen LogP contribution in [0.15, 0.2) is 16.9 Å². The zero-order chi connectivity index (χ0) is 13.2. The van der Waals surface area contributed by atoms with Crippen molar-refractivity contribution >= 4 is 17.3 Å². The van der Waals surface area contributed by atoms with Gasteiger partial charge < -0.3 is 9.15 Å². The van der Waals surface area contributed by atoms with Crippen LogP contribution in [0, 0.1) is 0 Å². The second-order valence-electron chi connectivity index (χ2n) is 4.52. The van der Waals surface area contributed by atoms with Crippen LogP contribution >= 0.6 is 11.3 Å². The Morgan fingerprint density at radius 1 is 1.47 bits per heavy atom. The van der Waals surface area contributed by atoms with Gasteiger partial charge >= 0.3 is 5.97 Å². The van der Waals surface area contributed by atoms with Crippen LogP contribution in [0.2, 0.25) is 0 Å². The maximum atomic E-state index is 11.8. The molecule has 1 aliphatic carbocycles. The van der Waals surface area contributed by atoms with Crippen molar-refractivity contribution in [1.82, 2.24) is 4.98 Å². The van der Waals surface area contributed by atoms with Gasteiger partial charge in [-0.2, -0.15) is 0 Å². The van der Waals surface area contributed by atoms with Crippen molar-refractivity contribution in [3.8, 4) is 10.6 Å². The first-order valence-corrected chi connectivity index (χ1v) is 7.33. The highest BCUT2D eigenvalue weighted by atomic mass is 32.1. The van der Waals surface area contributed by atoms with Crippen LogP contribution in [0.4, 0.5) is 0 Å². The number of fused-ring (bicyclic) bond motifs is 1. The van der Waals surface area contributed by atoms with Crippen LogP contribution in [0.5, 0.6) is 0 Å². The van der Waals surface area contributed by atoms with Crippen molar-refractivity contribution in [1.29, 1.82) is 0 Å². The Morgan fingerprint density at radius 3 is 3.11 bits per heavy atom. The summed E-state index contributed by atoms with van der Waals surface area (Å²) in [6.07, 6.45) is 6.04. The first-order chi connectivity index (χ1) is 9.29. The second-order valence-corrected chi connectivity index (χ2v) is 5.65. The number of nitrogens with zero attached hydrogens (tertiary/aromatic N) is 1.